The smallest absolute Gasteiger partial charge is 0.249 e. The molecule has 2 fully saturated rings. The molecule has 1 aromatic rings. The molecule has 0 aromatic carbocycles. The maximum Gasteiger partial charge on any atom is 0.249 e. The summed E-state index contributed by atoms with van der Waals surface area (Å²) in [5, 5.41) is 2.97. The number of amides is 1. The van der Waals surface area contributed by atoms with Gasteiger partial charge in [0, 0.05) is 24.0 Å². The lowest BCUT2D eigenvalue weighted by Gasteiger charge is -2.33. The fraction of sp³-hybridized carbons (Fsp3) is 0.750. The first-order valence-electron chi connectivity index (χ1n) is 8.10. The molecule has 1 aromatic heterocycles. The second-order valence-electron chi connectivity index (χ2n) is 6.71. The Labute approximate surface area is 136 Å². The fourth-order valence-electron chi connectivity index (χ4n) is 3.37. The minimum absolute atomic E-state index is 0.0502. The highest BCUT2D eigenvalue weighted by Crippen LogP contribution is 2.34. The summed E-state index contributed by atoms with van der Waals surface area (Å²) < 4.78 is 6.04. The number of hydrogen-bond acceptors (Lipinski definition) is 5. The monoisotopic (exact) mass is 323 g/mol. The summed E-state index contributed by atoms with van der Waals surface area (Å²) in [5.41, 5.74) is 3.05. The van der Waals surface area contributed by atoms with E-state index < -0.39 is 0 Å². The van der Waals surface area contributed by atoms with Gasteiger partial charge in [-0.05, 0) is 46.1 Å². The van der Waals surface area contributed by atoms with Crippen LogP contribution in [0, 0.1) is 12.8 Å². The van der Waals surface area contributed by atoms with E-state index in [2.05, 4.69) is 22.1 Å². The molecule has 5 nitrogen and oxygen atoms in total. The molecule has 3 heterocycles. The summed E-state index contributed by atoms with van der Waals surface area (Å²) in [5.74, 6) is 0.580. The van der Waals surface area contributed by atoms with Gasteiger partial charge in [0.25, 0.3) is 0 Å². The summed E-state index contributed by atoms with van der Waals surface area (Å²) in [6.45, 7) is 8.99. The number of thiazole rings is 1. The van der Waals surface area contributed by atoms with Crippen LogP contribution in [-0.4, -0.2) is 47.1 Å². The van der Waals surface area contributed by atoms with E-state index in [9.17, 15) is 4.79 Å². The standard InChI is InChI=1S/C16H25N3O2S/c1-10(2)18-16(20)13-6-12-4-5-19(7-14(12)21-13)8-15-11(3)17-9-22-15/h9-10,12-14H,4-8H2,1-3H3,(H,18,20)/t12-,13-,14+/m1/s1. The number of rotatable bonds is 4. The Morgan fingerprint density at radius 1 is 1.59 bits per heavy atom. The molecule has 6 heteroatoms. The molecule has 0 aliphatic carbocycles. The number of hydrogen-bond donors (Lipinski definition) is 1. The first kappa shape index (κ1) is 15.9. The highest BCUT2D eigenvalue weighted by Gasteiger charge is 2.41. The van der Waals surface area contributed by atoms with Gasteiger partial charge in [0.05, 0.1) is 17.3 Å². The molecule has 3 atom stereocenters. The van der Waals surface area contributed by atoms with Crippen LogP contribution >= 0.6 is 11.3 Å². The van der Waals surface area contributed by atoms with Crippen molar-refractivity contribution in [2.45, 2.75) is 58.4 Å². The van der Waals surface area contributed by atoms with Gasteiger partial charge in [-0.2, -0.15) is 0 Å². The zero-order valence-electron chi connectivity index (χ0n) is 13.5. The molecule has 0 saturated carbocycles. The van der Waals surface area contributed by atoms with Crippen molar-refractivity contribution >= 4 is 17.2 Å². The van der Waals surface area contributed by atoms with E-state index in [1.165, 1.54) is 4.88 Å². The van der Waals surface area contributed by atoms with E-state index in [-0.39, 0.29) is 24.2 Å². The first-order chi connectivity index (χ1) is 10.5. The lowest BCUT2D eigenvalue weighted by molar-refractivity contribution is -0.133. The van der Waals surface area contributed by atoms with Crippen LogP contribution in [0.25, 0.3) is 0 Å². The van der Waals surface area contributed by atoms with E-state index in [4.69, 9.17) is 4.74 Å². The summed E-state index contributed by atoms with van der Waals surface area (Å²) in [7, 11) is 0. The van der Waals surface area contributed by atoms with Crippen molar-refractivity contribution in [1.82, 2.24) is 15.2 Å². The molecule has 1 amide bonds. The van der Waals surface area contributed by atoms with Gasteiger partial charge in [-0.25, -0.2) is 4.98 Å². The molecule has 0 radical (unpaired) electrons. The Morgan fingerprint density at radius 3 is 3.09 bits per heavy atom. The Balaban J connectivity index is 1.55. The van der Waals surface area contributed by atoms with E-state index in [1.54, 1.807) is 11.3 Å². The molecule has 3 rings (SSSR count). The minimum atomic E-state index is -0.262. The Morgan fingerprint density at radius 2 is 2.41 bits per heavy atom. The molecule has 22 heavy (non-hydrogen) atoms. The largest absolute Gasteiger partial charge is 0.364 e. The highest BCUT2D eigenvalue weighted by molar-refractivity contribution is 7.09. The van der Waals surface area contributed by atoms with Crippen LogP contribution < -0.4 is 5.32 Å². The molecular weight excluding hydrogens is 298 g/mol. The van der Waals surface area contributed by atoms with E-state index in [0.29, 0.717) is 5.92 Å². The van der Waals surface area contributed by atoms with Crippen molar-refractivity contribution in [3.63, 3.8) is 0 Å². The molecule has 122 valence electrons. The van der Waals surface area contributed by atoms with Crippen molar-refractivity contribution in [3.8, 4) is 0 Å². The number of nitrogens with one attached hydrogen (secondary N) is 1. The van der Waals surface area contributed by atoms with Crippen molar-refractivity contribution in [2.75, 3.05) is 13.1 Å². The van der Waals surface area contributed by atoms with Crippen LogP contribution in [0.2, 0.25) is 0 Å². The third-order valence-corrected chi connectivity index (χ3v) is 5.49. The summed E-state index contributed by atoms with van der Waals surface area (Å²) in [4.78, 5) is 20.2. The van der Waals surface area contributed by atoms with Crippen LogP contribution in [0.3, 0.4) is 0 Å². The third kappa shape index (κ3) is 3.50. The Bertz CT molecular complexity index is 531. The Kier molecular flexibility index (Phi) is 4.80. The molecule has 2 saturated heterocycles. The van der Waals surface area contributed by atoms with Crippen molar-refractivity contribution in [3.05, 3.63) is 16.1 Å². The molecule has 1 N–H and O–H groups in total. The van der Waals surface area contributed by atoms with Crippen LogP contribution in [0.5, 0.6) is 0 Å². The number of fused-ring (bicyclic) bond motifs is 1. The van der Waals surface area contributed by atoms with Gasteiger partial charge in [0.2, 0.25) is 5.91 Å². The van der Waals surface area contributed by atoms with Gasteiger partial charge in [-0.3, -0.25) is 9.69 Å². The molecule has 0 unspecified atom stereocenters. The highest BCUT2D eigenvalue weighted by atomic mass is 32.1. The van der Waals surface area contributed by atoms with Gasteiger partial charge in [-0.15, -0.1) is 11.3 Å². The lowest BCUT2D eigenvalue weighted by Crippen LogP contribution is -2.42. The van der Waals surface area contributed by atoms with Gasteiger partial charge in [0.15, 0.2) is 0 Å². The molecular formula is C16H25N3O2S. The maximum atomic E-state index is 12.1. The van der Waals surface area contributed by atoms with Crippen LogP contribution in [0.4, 0.5) is 0 Å². The second kappa shape index (κ2) is 6.64. The van der Waals surface area contributed by atoms with Crippen molar-refractivity contribution < 1.29 is 9.53 Å². The number of aromatic nitrogens is 1. The predicted octanol–water partition coefficient (Wildman–Crippen LogP) is 1.96. The number of piperidine rings is 1. The molecule has 2 aliphatic heterocycles. The first-order valence-corrected chi connectivity index (χ1v) is 8.98. The van der Waals surface area contributed by atoms with Gasteiger partial charge in [0.1, 0.15) is 6.10 Å². The maximum absolute atomic E-state index is 12.1. The van der Waals surface area contributed by atoms with E-state index in [1.807, 2.05) is 19.4 Å². The molecule has 0 bridgehead atoms. The quantitative estimate of drug-likeness (QED) is 0.920. The Hall–Kier alpha value is -0.980. The molecule has 2 aliphatic rings. The number of carbonyl (C=O) groups excluding carboxylic acids is 1. The fourth-order valence-corrected chi connectivity index (χ4v) is 4.18. The van der Waals surface area contributed by atoms with Gasteiger partial charge in [-0.1, -0.05) is 0 Å². The van der Waals surface area contributed by atoms with Gasteiger partial charge < -0.3 is 10.1 Å². The normalized spacial score (nSPS) is 28.8. The van der Waals surface area contributed by atoms with Crippen molar-refractivity contribution in [2.24, 2.45) is 5.92 Å². The van der Waals surface area contributed by atoms with Crippen LogP contribution in [0.15, 0.2) is 5.51 Å². The second-order valence-corrected chi connectivity index (χ2v) is 7.65. The number of nitrogens with zero attached hydrogens (tertiary/aromatic N) is 2. The minimum Gasteiger partial charge on any atom is -0.364 e. The topological polar surface area (TPSA) is 54.5 Å². The van der Waals surface area contributed by atoms with Gasteiger partial charge >= 0.3 is 0 Å². The average molecular weight is 323 g/mol. The number of aryl methyl sites for hydroxylation is 1. The summed E-state index contributed by atoms with van der Waals surface area (Å²) in [6.07, 6.45) is 1.93. The third-order valence-electron chi connectivity index (χ3n) is 4.57. The predicted molar refractivity (Wildman–Crippen MR) is 86.8 cm³/mol. The number of ether oxygens (including phenoxy) is 1. The van der Waals surface area contributed by atoms with Crippen LogP contribution in [-0.2, 0) is 16.1 Å². The average Bonchev–Trinajstić information content (AvgIpc) is 3.04. The SMILES string of the molecule is Cc1ncsc1CN1CC[C@@H]2C[C@H](C(=O)NC(C)C)O[C@H]2C1. The van der Waals surface area contributed by atoms with Crippen molar-refractivity contribution in [1.29, 1.82) is 0 Å². The summed E-state index contributed by atoms with van der Waals surface area (Å²) >= 11 is 1.72. The van der Waals surface area contributed by atoms with E-state index >= 15 is 0 Å². The van der Waals surface area contributed by atoms with E-state index in [0.717, 1.165) is 38.2 Å². The molecule has 0 spiro atoms. The lowest BCUT2D eigenvalue weighted by atomic mass is 9.91. The zero-order chi connectivity index (χ0) is 15.7. The number of likely N-dealkylation sites (tertiary alicyclic amines) is 1. The zero-order valence-corrected chi connectivity index (χ0v) is 14.4. The number of carbonyl (C=O) groups is 1. The summed E-state index contributed by atoms with van der Waals surface area (Å²) in [6, 6.07) is 0.171. The van der Waals surface area contributed by atoms with Crippen LogP contribution in [0.1, 0.15) is 37.3 Å².